The molecule has 2 rings (SSSR count). The van der Waals surface area contributed by atoms with Gasteiger partial charge in [0, 0.05) is 4.47 Å². The third kappa shape index (κ3) is 4.68. The van der Waals surface area contributed by atoms with Gasteiger partial charge in [0.05, 0.1) is 11.8 Å². The number of allylic oxidation sites excluding steroid dienone is 1. The van der Waals surface area contributed by atoms with E-state index < -0.39 is 0 Å². The Morgan fingerprint density at radius 2 is 1.76 bits per heavy atom. The molecular weight excluding hydrogens is 328 g/mol. The molecular formula is C17H15BrN2O. The molecule has 0 aliphatic carbocycles. The first-order valence-electron chi connectivity index (χ1n) is 6.48. The third-order valence-electron chi connectivity index (χ3n) is 2.75. The van der Waals surface area contributed by atoms with Crippen LogP contribution in [0.2, 0.25) is 0 Å². The Bertz CT molecular complexity index is 678. The summed E-state index contributed by atoms with van der Waals surface area (Å²) in [5, 5.41) is 3.97. The van der Waals surface area contributed by atoms with Crippen molar-refractivity contribution >= 4 is 34.1 Å². The van der Waals surface area contributed by atoms with Gasteiger partial charge in [-0.25, -0.2) is 5.43 Å². The van der Waals surface area contributed by atoms with Gasteiger partial charge in [-0.3, -0.25) is 4.79 Å². The maximum Gasteiger partial charge on any atom is 0.272 e. The number of hydrazone groups is 1. The molecule has 0 heterocycles. The van der Waals surface area contributed by atoms with Gasteiger partial charge < -0.3 is 0 Å². The highest BCUT2D eigenvalue weighted by atomic mass is 79.9. The normalized spacial score (nSPS) is 11.6. The Balaban J connectivity index is 1.98. The minimum atomic E-state index is -0.244. The number of carbonyl (C=O) groups excluding carboxylic acids is 1. The quantitative estimate of drug-likeness (QED) is 0.654. The van der Waals surface area contributed by atoms with Crippen LogP contribution in [-0.4, -0.2) is 12.1 Å². The van der Waals surface area contributed by atoms with Gasteiger partial charge in [0.1, 0.15) is 0 Å². The molecule has 0 bridgehead atoms. The first-order valence-corrected chi connectivity index (χ1v) is 7.27. The Hall–Kier alpha value is -2.20. The largest absolute Gasteiger partial charge is 0.272 e. The number of nitrogens with one attached hydrogen (secondary N) is 1. The molecule has 0 saturated carbocycles. The minimum Gasteiger partial charge on any atom is -0.267 e. The van der Waals surface area contributed by atoms with Crippen LogP contribution in [0.3, 0.4) is 0 Å². The lowest BCUT2D eigenvalue weighted by molar-refractivity contribution is 0.0954. The average molecular weight is 343 g/mol. The second-order valence-electron chi connectivity index (χ2n) is 4.48. The van der Waals surface area contributed by atoms with Crippen LogP contribution in [0.4, 0.5) is 0 Å². The summed E-state index contributed by atoms with van der Waals surface area (Å²) in [5.41, 5.74) is 5.12. The lowest BCUT2D eigenvalue weighted by Gasteiger charge is -2.02. The van der Waals surface area contributed by atoms with Gasteiger partial charge in [-0.05, 0) is 46.1 Å². The van der Waals surface area contributed by atoms with Gasteiger partial charge in [0.2, 0.25) is 0 Å². The molecule has 0 aliphatic rings. The van der Waals surface area contributed by atoms with Crippen LogP contribution in [0.5, 0.6) is 0 Å². The Morgan fingerprint density at radius 1 is 1.10 bits per heavy atom. The van der Waals surface area contributed by atoms with E-state index in [2.05, 4.69) is 26.5 Å². The minimum absolute atomic E-state index is 0.244. The van der Waals surface area contributed by atoms with Crippen molar-refractivity contribution < 1.29 is 4.79 Å². The Labute approximate surface area is 132 Å². The first kappa shape index (κ1) is 15.2. The smallest absolute Gasteiger partial charge is 0.267 e. The number of benzene rings is 2. The zero-order valence-corrected chi connectivity index (χ0v) is 13.2. The van der Waals surface area contributed by atoms with E-state index in [1.54, 1.807) is 12.3 Å². The number of hydrogen-bond acceptors (Lipinski definition) is 2. The summed E-state index contributed by atoms with van der Waals surface area (Å²) < 4.78 is 0.745. The highest BCUT2D eigenvalue weighted by Gasteiger charge is 2.07. The molecule has 0 unspecified atom stereocenters. The van der Waals surface area contributed by atoms with E-state index in [1.165, 1.54) is 0 Å². The van der Waals surface area contributed by atoms with E-state index in [0.717, 1.165) is 15.6 Å². The molecule has 0 fully saturated rings. The van der Waals surface area contributed by atoms with Gasteiger partial charge in [0.25, 0.3) is 5.91 Å². The van der Waals surface area contributed by atoms with Crippen LogP contribution in [0.1, 0.15) is 22.8 Å². The highest BCUT2D eigenvalue weighted by Crippen LogP contribution is 2.15. The average Bonchev–Trinajstić information content (AvgIpc) is 2.48. The molecule has 21 heavy (non-hydrogen) atoms. The van der Waals surface area contributed by atoms with Gasteiger partial charge in [-0.15, -0.1) is 0 Å². The molecule has 0 aliphatic heterocycles. The van der Waals surface area contributed by atoms with E-state index in [0.29, 0.717) is 5.56 Å². The molecule has 1 amide bonds. The van der Waals surface area contributed by atoms with Gasteiger partial charge in [-0.1, -0.05) is 48.5 Å². The highest BCUT2D eigenvalue weighted by molar-refractivity contribution is 9.10. The summed E-state index contributed by atoms with van der Waals surface area (Å²) in [7, 11) is 0. The van der Waals surface area contributed by atoms with Gasteiger partial charge in [0.15, 0.2) is 0 Å². The topological polar surface area (TPSA) is 41.5 Å². The molecule has 0 spiro atoms. The van der Waals surface area contributed by atoms with Crippen molar-refractivity contribution in [3.05, 3.63) is 75.8 Å². The maximum atomic E-state index is 11.9. The third-order valence-corrected chi connectivity index (χ3v) is 3.44. The lowest BCUT2D eigenvalue weighted by atomic mass is 10.1. The van der Waals surface area contributed by atoms with Crippen molar-refractivity contribution in [3.63, 3.8) is 0 Å². The predicted molar refractivity (Wildman–Crippen MR) is 90.2 cm³/mol. The zero-order valence-electron chi connectivity index (χ0n) is 11.6. The van der Waals surface area contributed by atoms with Crippen LogP contribution >= 0.6 is 15.9 Å². The summed E-state index contributed by atoms with van der Waals surface area (Å²) in [5.74, 6) is -0.244. The number of amides is 1. The molecule has 0 aromatic heterocycles. The van der Waals surface area contributed by atoms with E-state index in [1.807, 2.05) is 61.5 Å². The fraction of sp³-hybridized carbons (Fsp3) is 0.0588. The number of hydrogen-bond donors (Lipinski definition) is 1. The second kappa shape index (κ2) is 7.55. The number of halogens is 1. The first-order chi connectivity index (χ1) is 10.2. The van der Waals surface area contributed by atoms with Crippen molar-refractivity contribution in [3.8, 4) is 0 Å². The number of nitrogens with zero attached hydrogens (tertiary/aromatic N) is 1. The fourth-order valence-electron chi connectivity index (χ4n) is 1.75. The van der Waals surface area contributed by atoms with Crippen molar-refractivity contribution in [2.24, 2.45) is 5.10 Å². The van der Waals surface area contributed by atoms with Crippen LogP contribution in [0, 0.1) is 0 Å². The van der Waals surface area contributed by atoms with Crippen LogP contribution in [-0.2, 0) is 0 Å². The van der Waals surface area contributed by atoms with Crippen molar-refractivity contribution in [2.75, 3.05) is 0 Å². The lowest BCUT2D eigenvalue weighted by Crippen LogP contribution is -2.18. The van der Waals surface area contributed by atoms with E-state index in [-0.39, 0.29) is 5.91 Å². The molecule has 4 heteroatoms. The Kier molecular flexibility index (Phi) is 5.46. The van der Waals surface area contributed by atoms with Crippen LogP contribution < -0.4 is 5.43 Å². The van der Waals surface area contributed by atoms with Crippen molar-refractivity contribution in [1.29, 1.82) is 0 Å². The second-order valence-corrected chi connectivity index (χ2v) is 5.33. The van der Waals surface area contributed by atoms with E-state index in [4.69, 9.17) is 0 Å². The Morgan fingerprint density at radius 3 is 2.48 bits per heavy atom. The summed E-state index contributed by atoms with van der Waals surface area (Å²) in [6, 6.07) is 17.2. The van der Waals surface area contributed by atoms with Gasteiger partial charge in [-0.2, -0.15) is 5.10 Å². The molecule has 0 radical (unpaired) electrons. The molecule has 2 aromatic rings. The molecule has 106 valence electrons. The van der Waals surface area contributed by atoms with Crippen LogP contribution in [0.15, 0.2) is 69.7 Å². The molecule has 0 atom stereocenters. The maximum absolute atomic E-state index is 11.9. The monoisotopic (exact) mass is 342 g/mol. The molecule has 1 N–H and O–H groups in total. The van der Waals surface area contributed by atoms with E-state index >= 15 is 0 Å². The standard InChI is InChI=1S/C17H15BrN2O/c1-13(11-14-7-3-2-4-8-14)12-19-20-17(21)15-9-5-6-10-16(15)18/h2-12H,1H3,(H,20,21)/b13-11-,19-12-. The SMILES string of the molecule is CC(/C=N\NC(=O)c1ccccc1Br)=C/c1ccccc1. The van der Waals surface area contributed by atoms with E-state index in [9.17, 15) is 4.79 Å². The number of carbonyl (C=O) groups is 1. The number of rotatable bonds is 4. The molecule has 0 saturated heterocycles. The summed E-state index contributed by atoms with van der Waals surface area (Å²) >= 11 is 3.34. The summed E-state index contributed by atoms with van der Waals surface area (Å²) in [6.45, 7) is 1.93. The molecule has 2 aromatic carbocycles. The molecule has 3 nitrogen and oxygen atoms in total. The zero-order chi connectivity index (χ0) is 15.1. The predicted octanol–water partition coefficient (Wildman–Crippen LogP) is 4.27. The van der Waals surface area contributed by atoms with Crippen molar-refractivity contribution in [2.45, 2.75) is 6.92 Å². The van der Waals surface area contributed by atoms with Gasteiger partial charge >= 0.3 is 0 Å². The van der Waals surface area contributed by atoms with Crippen LogP contribution in [0.25, 0.3) is 6.08 Å². The summed E-state index contributed by atoms with van der Waals surface area (Å²) in [6.07, 6.45) is 3.62. The fourth-order valence-corrected chi connectivity index (χ4v) is 2.21. The van der Waals surface area contributed by atoms with Crippen molar-refractivity contribution in [1.82, 2.24) is 5.43 Å². The summed E-state index contributed by atoms with van der Waals surface area (Å²) in [4.78, 5) is 11.9.